The Morgan fingerprint density at radius 2 is 2.33 bits per heavy atom. The van der Waals surface area contributed by atoms with Crippen LogP contribution in [-0.4, -0.2) is 0 Å². The van der Waals surface area contributed by atoms with Crippen LogP contribution in [0.5, 0.6) is 0 Å². The lowest BCUT2D eigenvalue weighted by atomic mass is 10.3. The quantitative estimate of drug-likeness (QED) is 0.565. The van der Waals surface area contributed by atoms with E-state index in [1.165, 1.54) is 12.0 Å². The SMILES string of the molecule is CCC(C)=CI. The highest BCUT2D eigenvalue weighted by Gasteiger charge is 1.74. The number of allylic oxidation sites excluding steroid dienone is 1. The molecule has 0 aromatic carbocycles. The number of hydrogen-bond acceptors (Lipinski definition) is 0. The standard InChI is InChI=1S/C5H9I/c1-3-5(2)4-6/h4H,3H2,1-2H3. The minimum Gasteiger partial charge on any atom is -0.0675 e. The van der Waals surface area contributed by atoms with Crippen LogP contribution in [-0.2, 0) is 0 Å². The summed E-state index contributed by atoms with van der Waals surface area (Å²) in [6, 6.07) is 0. The smallest absolute Gasteiger partial charge is 0.0245 e. The average molecular weight is 196 g/mol. The Kier molecular flexibility index (Phi) is 3.94. The van der Waals surface area contributed by atoms with Crippen LogP contribution in [0.3, 0.4) is 0 Å². The number of halogens is 1. The molecule has 0 aliphatic carbocycles. The van der Waals surface area contributed by atoms with Crippen molar-refractivity contribution in [1.29, 1.82) is 0 Å². The summed E-state index contributed by atoms with van der Waals surface area (Å²) >= 11 is 2.25. The van der Waals surface area contributed by atoms with E-state index in [-0.39, 0.29) is 0 Å². The molecule has 0 rings (SSSR count). The van der Waals surface area contributed by atoms with Crippen LogP contribution < -0.4 is 0 Å². The molecule has 0 bridgehead atoms. The van der Waals surface area contributed by atoms with E-state index in [1.54, 1.807) is 0 Å². The monoisotopic (exact) mass is 196 g/mol. The van der Waals surface area contributed by atoms with Gasteiger partial charge in [-0.05, 0) is 17.4 Å². The normalized spacial score (nSPS) is 12.2. The zero-order valence-corrected chi connectivity index (χ0v) is 6.32. The average Bonchev–Trinajstić information content (AvgIpc) is 1.65. The molecule has 6 heavy (non-hydrogen) atoms. The van der Waals surface area contributed by atoms with Crippen LogP contribution in [0.4, 0.5) is 0 Å². The maximum absolute atomic E-state index is 2.25. The lowest BCUT2D eigenvalue weighted by Gasteiger charge is -1.83. The topological polar surface area (TPSA) is 0 Å². The first kappa shape index (κ1) is 6.47. The van der Waals surface area contributed by atoms with E-state index in [0.29, 0.717) is 0 Å². The Balaban J connectivity index is 3.22. The summed E-state index contributed by atoms with van der Waals surface area (Å²) in [5, 5.41) is 0. The summed E-state index contributed by atoms with van der Waals surface area (Å²) in [5.74, 6) is 0. The Morgan fingerprint density at radius 3 is 2.33 bits per heavy atom. The van der Waals surface area contributed by atoms with Crippen LogP contribution in [0.15, 0.2) is 9.66 Å². The molecule has 36 valence electrons. The van der Waals surface area contributed by atoms with Gasteiger partial charge in [0.2, 0.25) is 0 Å². The molecule has 1 heteroatoms. The zero-order valence-electron chi connectivity index (χ0n) is 4.16. The van der Waals surface area contributed by atoms with Gasteiger partial charge in [-0.1, -0.05) is 35.1 Å². The molecule has 0 aliphatic rings. The predicted molar refractivity (Wildman–Crippen MR) is 38.1 cm³/mol. The second kappa shape index (κ2) is 3.65. The van der Waals surface area contributed by atoms with Crippen molar-refractivity contribution in [3.63, 3.8) is 0 Å². The van der Waals surface area contributed by atoms with Crippen molar-refractivity contribution in [2.24, 2.45) is 0 Å². The lowest BCUT2D eigenvalue weighted by molar-refractivity contribution is 1.11. The summed E-state index contributed by atoms with van der Waals surface area (Å²) in [6.45, 7) is 4.29. The third-order valence-corrected chi connectivity index (χ3v) is 1.81. The van der Waals surface area contributed by atoms with E-state index >= 15 is 0 Å². The molecule has 0 amide bonds. The first-order chi connectivity index (χ1) is 2.81. The summed E-state index contributed by atoms with van der Waals surface area (Å²) in [6.07, 6.45) is 1.18. The van der Waals surface area contributed by atoms with Gasteiger partial charge in [0.1, 0.15) is 0 Å². The molecule has 0 unspecified atom stereocenters. The molecule has 0 aromatic rings. The van der Waals surface area contributed by atoms with Gasteiger partial charge in [0.25, 0.3) is 0 Å². The summed E-state index contributed by atoms with van der Waals surface area (Å²) in [7, 11) is 0. The fraction of sp³-hybridized carbons (Fsp3) is 0.600. The van der Waals surface area contributed by atoms with Gasteiger partial charge in [0.05, 0.1) is 0 Å². The van der Waals surface area contributed by atoms with Crippen molar-refractivity contribution in [3.8, 4) is 0 Å². The first-order valence-corrected chi connectivity index (χ1v) is 3.31. The van der Waals surface area contributed by atoms with Crippen LogP contribution in [0, 0.1) is 0 Å². The van der Waals surface area contributed by atoms with Gasteiger partial charge in [0, 0.05) is 0 Å². The maximum atomic E-state index is 2.25. The Labute approximate surface area is 52.8 Å². The summed E-state index contributed by atoms with van der Waals surface area (Å²) in [5.41, 5.74) is 1.45. The van der Waals surface area contributed by atoms with E-state index < -0.39 is 0 Å². The van der Waals surface area contributed by atoms with Crippen LogP contribution in [0.25, 0.3) is 0 Å². The summed E-state index contributed by atoms with van der Waals surface area (Å²) < 4.78 is 2.11. The largest absolute Gasteiger partial charge is 0.0675 e. The number of hydrogen-bond donors (Lipinski definition) is 0. The van der Waals surface area contributed by atoms with E-state index in [1.807, 2.05) is 0 Å². The lowest BCUT2D eigenvalue weighted by Crippen LogP contribution is -1.62. The molecule has 0 spiro atoms. The van der Waals surface area contributed by atoms with Crippen LogP contribution in [0.2, 0.25) is 0 Å². The van der Waals surface area contributed by atoms with E-state index in [9.17, 15) is 0 Å². The Bertz CT molecular complexity index is 55.0. The van der Waals surface area contributed by atoms with E-state index in [0.717, 1.165) is 0 Å². The van der Waals surface area contributed by atoms with Gasteiger partial charge >= 0.3 is 0 Å². The van der Waals surface area contributed by atoms with E-state index in [2.05, 4.69) is 40.5 Å². The minimum absolute atomic E-state index is 1.18. The molecule has 0 aliphatic heterocycles. The van der Waals surface area contributed by atoms with Crippen molar-refractivity contribution >= 4 is 22.6 Å². The summed E-state index contributed by atoms with van der Waals surface area (Å²) in [4.78, 5) is 0. The highest BCUT2D eigenvalue weighted by molar-refractivity contribution is 14.1. The van der Waals surface area contributed by atoms with Crippen molar-refractivity contribution < 1.29 is 0 Å². The third kappa shape index (κ3) is 2.69. The van der Waals surface area contributed by atoms with Gasteiger partial charge in [-0.25, -0.2) is 0 Å². The molecule has 0 radical (unpaired) electrons. The van der Waals surface area contributed by atoms with Crippen molar-refractivity contribution in [3.05, 3.63) is 9.66 Å². The second-order valence-corrected chi connectivity index (χ2v) is 1.93. The second-order valence-electron chi connectivity index (χ2n) is 1.31. The molecular formula is C5H9I. The Hall–Kier alpha value is 0.470. The van der Waals surface area contributed by atoms with Gasteiger partial charge in [-0.3, -0.25) is 0 Å². The van der Waals surface area contributed by atoms with Gasteiger partial charge in [-0.2, -0.15) is 0 Å². The van der Waals surface area contributed by atoms with Crippen LogP contribution in [0.1, 0.15) is 20.3 Å². The molecule has 0 heterocycles. The van der Waals surface area contributed by atoms with Crippen molar-refractivity contribution in [2.75, 3.05) is 0 Å². The van der Waals surface area contributed by atoms with Crippen LogP contribution >= 0.6 is 22.6 Å². The third-order valence-electron chi connectivity index (χ3n) is 0.744. The fourth-order valence-corrected chi connectivity index (χ4v) is 0.518. The molecule has 0 atom stereocenters. The van der Waals surface area contributed by atoms with Gasteiger partial charge in [-0.15, -0.1) is 0 Å². The predicted octanol–water partition coefficient (Wildman–Crippen LogP) is 2.74. The van der Waals surface area contributed by atoms with Gasteiger partial charge < -0.3 is 0 Å². The molecule has 0 aromatic heterocycles. The van der Waals surface area contributed by atoms with E-state index in [4.69, 9.17) is 0 Å². The molecule has 0 nitrogen and oxygen atoms in total. The molecule has 0 saturated carbocycles. The Morgan fingerprint density at radius 1 is 1.83 bits per heavy atom. The highest BCUT2D eigenvalue weighted by atomic mass is 127. The van der Waals surface area contributed by atoms with Crippen molar-refractivity contribution in [2.45, 2.75) is 20.3 Å². The minimum atomic E-state index is 1.18. The zero-order chi connectivity index (χ0) is 4.99. The molecule has 0 N–H and O–H groups in total. The highest BCUT2D eigenvalue weighted by Crippen LogP contribution is 2.00. The first-order valence-electron chi connectivity index (χ1n) is 2.07. The molecular weight excluding hydrogens is 187 g/mol. The maximum Gasteiger partial charge on any atom is -0.0245 e. The fourth-order valence-electron chi connectivity index (χ4n) is 0.0772. The number of rotatable bonds is 1. The molecule has 0 saturated heterocycles. The van der Waals surface area contributed by atoms with Crippen molar-refractivity contribution in [1.82, 2.24) is 0 Å². The molecule has 0 fully saturated rings. The van der Waals surface area contributed by atoms with Gasteiger partial charge in [0.15, 0.2) is 0 Å².